The second kappa shape index (κ2) is 7.04. The minimum Gasteiger partial charge on any atom is -0.394 e. The lowest BCUT2D eigenvalue weighted by molar-refractivity contribution is 0.0910. The molecule has 8 heteroatoms. The Kier molecular flexibility index (Phi) is 5.28. The number of nitrogens with one attached hydrogen (secondary N) is 1. The zero-order chi connectivity index (χ0) is 18.0. The monoisotopic (exact) mass is 341 g/mol. The largest absolute Gasteiger partial charge is 0.394 e. The maximum Gasteiger partial charge on any atom is 0.272 e. The van der Waals surface area contributed by atoms with E-state index in [4.69, 9.17) is 0 Å². The van der Waals surface area contributed by atoms with E-state index in [0.29, 0.717) is 0 Å². The molecule has 1 unspecified atom stereocenters. The van der Waals surface area contributed by atoms with Gasteiger partial charge in [0.15, 0.2) is 17.5 Å². The Labute approximate surface area is 137 Å². The van der Waals surface area contributed by atoms with Gasteiger partial charge in [-0.15, -0.1) is 0 Å². The van der Waals surface area contributed by atoms with Gasteiger partial charge in [-0.05, 0) is 29.7 Å². The van der Waals surface area contributed by atoms with Crippen molar-refractivity contribution in [2.45, 2.75) is 25.8 Å². The molecule has 0 aliphatic heterocycles. The number of halogens is 3. The summed E-state index contributed by atoms with van der Waals surface area (Å²) in [5.74, 6) is -4.84. The zero-order valence-corrected chi connectivity index (χ0v) is 13.5. The lowest BCUT2D eigenvalue weighted by Gasteiger charge is -2.16. The number of benzene rings is 1. The molecule has 1 heterocycles. The highest BCUT2D eigenvalue weighted by molar-refractivity contribution is 5.92. The number of rotatable bonds is 5. The van der Waals surface area contributed by atoms with E-state index >= 15 is 0 Å². The molecule has 1 atom stereocenters. The molecule has 2 aromatic rings. The SMILES string of the molecule is CC(C)c1cc(C(=O)NC(CO)c2cc(F)c(F)c(F)c2)nn1C. The summed E-state index contributed by atoms with van der Waals surface area (Å²) in [7, 11) is 1.69. The van der Waals surface area contributed by atoms with Crippen LogP contribution in [0.1, 0.15) is 47.6 Å². The van der Waals surface area contributed by atoms with Crippen molar-refractivity contribution in [3.05, 3.63) is 52.6 Å². The van der Waals surface area contributed by atoms with Crippen LogP contribution in [0.4, 0.5) is 13.2 Å². The van der Waals surface area contributed by atoms with Gasteiger partial charge in [0.25, 0.3) is 5.91 Å². The molecule has 0 saturated carbocycles. The topological polar surface area (TPSA) is 67.2 Å². The first-order chi connectivity index (χ1) is 11.2. The highest BCUT2D eigenvalue weighted by atomic mass is 19.2. The fraction of sp³-hybridized carbons (Fsp3) is 0.375. The quantitative estimate of drug-likeness (QED) is 0.821. The van der Waals surface area contributed by atoms with Crippen LogP contribution >= 0.6 is 0 Å². The van der Waals surface area contributed by atoms with Crippen molar-refractivity contribution in [2.24, 2.45) is 7.05 Å². The fourth-order valence-electron chi connectivity index (χ4n) is 2.38. The number of aliphatic hydroxyl groups excluding tert-OH is 1. The number of aryl methyl sites for hydroxylation is 1. The predicted molar refractivity (Wildman–Crippen MR) is 80.9 cm³/mol. The minimum absolute atomic E-state index is 0.0812. The summed E-state index contributed by atoms with van der Waals surface area (Å²) in [4.78, 5) is 12.3. The molecule has 24 heavy (non-hydrogen) atoms. The van der Waals surface area contributed by atoms with Crippen LogP contribution in [0.2, 0.25) is 0 Å². The Bertz CT molecular complexity index is 736. The van der Waals surface area contributed by atoms with E-state index in [1.807, 2.05) is 13.8 Å². The number of amides is 1. The normalized spacial score (nSPS) is 12.5. The lowest BCUT2D eigenvalue weighted by Crippen LogP contribution is -2.31. The van der Waals surface area contributed by atoms with Crippen LogP contribution in [0.25, 0.3) is 0 Å². The van der Waals surface area contributed by atoms with E-state index in [1.165, 1.54) is 0 Å². The van der Waals surface area contributed by atoms with Crippen molar-refractivity contribution in [3.8, 4) is 0 Å². The third-order valence-electron chi connectivity index (χ3n) is 3.64. The molecule has 1 aromatic heterocycles. The van der Waals surface area contributed by atoms with Gasteiger partial charge >= 0.3 is 0 Å². The molecular formula is C16H18F3N3O2. The molecule has 2 N–H and O–H groups in total. The fourth-order valence-corrected chi connectivity index (χ4v) is 2.38. The molecule has 1 amide bonds. The van der Waals surface area contributed by atoms with Crippen molar-refractivity contribution < 1.29 is 23.1 Å². The van der Waals surface area contributed by atoms with Gasteiger partial charge in [0.2, 0.25) is 0 Å². The van der Waals surface area contributed by atoms with E-state index in [2.05, 4.69) is 10.4 Å². The van der Waals surface area contributed by atoms with Crippen LogP contribution < -0.4 is 5.32 Å². The summed E-state index contributed by atoms with van der Waals surface area (Å²) in [6.45, 7) is 3.28. The number of aromatic nitrogens is 2. The smallest absolute Gasteiger partial charge is 0.272 e. The number of carbonyl (C=O) groups excluding carboxylic acids is 1. The van der Waals surface area contributed by atoms with Gasteiger partial charge in [-0.1, -0.05) is 13.8 Å². The van der Waals surface area contributed by atoms with Crippen molar-refractivity contribution >= 4 is 5.91 Å². The average molecular weight is 341 g/mol. The van der Waals surface area contributed by atoms with Crippen LogP contribution in [0.5, 0.6) is 0 Å². The molecule has 2 rings (SSSR count). The van der Waals surface area contributed by atoms with Crippen molar-refractivity contribution in [3.63, 3.8) is 0 Å². The Morgan fingerprint density at radius 1 is 1.25 bits per heavy atom. The van der Waals surface area contributed by atoms with E-state index in [1.54, 1.807) is 17.8 Å². The third-order valence-corrected chi connectivity index (χ3v) is 3.64. The van der Waals surface area contributed by atoms with Crippen molar-refractivity contribution in [2.75, 3.05) is 6.61 Å². The van der Waals surface area contributed by atoms with Crippen LogP contribution in [0.15, 0.2) is 18.2 Å². The Balaban J connectivity index is 2.24. The molecule has 0 aliphatic rings. The number of hydrogen-bond acceptors (Lipinski definition) is 3. The van der Waals surface area contributed by atoms with Crippen LogP contribution in [-0.2, 0) is 7.05 Å². The first-order valence-electron chi connectivity index (χ1n) is 7.34. The van der Waals surface area contributed by atoms with Gasteiger partial charge in [-0.3, -0.25) is 9.48 Å². The third kappa shape index (κ3) is 3.59. The molecule has 5 nitrogen and oxygen atoms in total. The maximum atomic E-state index is 13.3. The molecule has 0 radical (unpaired) electrons. The Morgan fingerprint density at radius 2 is 1.83 bits per heavy atom. The van der Waals surface area contributed by atoms with Gasteiger partial charge in [-0.2, -0.15) is 5.10 Å². The van der Waals surface area contributed by atoms with Gasteiger partial charge in [0.1, 0.15) is 5.69 Å². The number of aliphatic hydroxyl groups is 1. The number of carbonyl (C=O) groups is 1. The minimum atomic E-state index is -1.60. The first kappa shape index (κ1) is 18.0. The predicted octanol–water partition coefficient (Wildman–Crippen LogP) is 2.42. The molecule has 1 aromatic carbocycles. The number of hydrogen-bond donors (Lipinski definition) is 2. The molecular weight excluding hydrogens is 323 g/mol. The van der Waals surface area contributed by atoms with Crippen LogP contribution in [0.3, 0.4) is 0 Å². The van der Waals surface area contributed by atoms with E-state index in [-0.39, 0.29) is 17.2 Å². The summed E-state index contributed by atoms with van der Waals surface area (Å²) in [6.07, 6.45) is 0. The number of nitrogens with zero attached hydrogens (tertiary/aromatic N) is 2. The summed E-state index contributed by atoms with van der Waals surface area (Å²) < 4.78 is 41.2. The van der Waals surface area contributed by atoms with E-state index in [0.717, 1.165) is 17.8 Å². The standard InChI is InChI=1S/C16H18F3N3O2/c1-8(2)14-6-12(21-22(14)3)16(24)20-13(7-23)9-4-10(17)15(19)11(18)5-9/h4-6,8,13,23H,7H2,1-3H3,(H,20,24). The Morgan fingerprint density at radius 3 is 2.29 bits per heavy atom. The van der Waals surface area contributed by atoms with Crippen molar-refractivity contribution in [1.29, 1.82) is 0 Å². The van der Waals surface area contributed by atoms with Gasteiger partial charge in [0, 0.05) is 12.7 Å². The highest BCUT2D eigenvalue weighted by Crippen LogP contribution is 2.20. The lowest BCUT2D eigenvalue weighted by atomic mass is 10.1. The summed E-state index contributed by atoms with van der Waals surface area (Å²) >= 11 is 0. The molecule has 0 aliphatic carbocycles. The first-order valence-corrected chi connectivity index (χ1v) is 7.34. The Hall–Kier alpha value is -2.35. The molecule has 130 valence electrons. The molecule has 0 spiro atoms. The van der Waals surface area contributed by atoms with Gasteiger partial charge in [0.05, 0.1) is 12.6 Å². The van der Waals surface area contributed by atoms with E-state index in [9.17, 15) is 23.1 Å². The second-order valence-electron chi connectivity index (χ2n) is 5.74. The van der Waals surface area contributed by atoms with Crippen molar-refractivity contribution in [1.82, 2.24) is 15.1 Å². The molecule has 0 bridgehead atoms. The summed E-state index contributed by atoms with van der Waals surface area (Å²) in [5.41, 5.74) is 0.865. The summed E-state index contributed by atoms with van der Waals surface area (Å²) in [5, 5.41) is 15.9. The second-order valence-corrected chi connectivity index (χ2v) is 5.74. The molecule has 0 fully saturated rings. The van der Waals surface area contributed by atoms with E-state index < -0.39 is 36.0 Å². The van der Waals surface area contributed by atoms with Gasteiger partial charge in [-0.25, -0.2) is 13.2 Å². The van der Waals surface area contributed by atoms with Gasteiger partial charge < -0.3 is 10.4 Å². The highest BCUT2D eigenvalue weighted by Gasteiger charge is 2.21. The van der Waals surface area contributed by atoms with Crippen LogP contribution in [0, 0.1) is 17.5 Å². The zero-order valence-electron chi connectivity index (χ0n) is 13.5. The maximum absolute atomic E-state index is 13.3. The average Bonchev–Trinajstić information content (AvgIpc) is 2.91. The summed E-state index contributed by atoms with van der Waals surface area (Å²) in [6, 6.07) is 1.97. The van der Waals surface area contributed by atoms with Crippen LogP contribution in [-0.4, -0.2) is 27.4 Å². The molecule has 0 saturated heterocycles.